The molecule has 23 heavy (non-hydrogen) atoms. The number of amides is 2. The van der Waals surface area contributed by atoms with Gasteiger partial charge in [0.1, 0.15) is 5.82 Å². The van der Waals surface area contributed by atoms with Crippen LogP contribution in [0, 0.1) is 11.3 Å². The van der Waals surface area contributed by atoms with Crippen LogP contribution in [-0.2, 0) is 4.79 Å². The number of aromatic nitrogens is 2. The van der Waals surface area contributed by atoms with Crippen LogP contribution in [0.5, 0.6) is 0 Å². The number of rotatable bonds is 3. The van der Waals surface area contributed by atoms with E-state index >= 15 is 0 Å². The summed E-state index contributed by atoms with van der Waals surface area (Å²) in [7, 11) is 3.71. The number of nitrogens with zero attached hydrogens (tertiary/aromatic N) is 4. The number of likely N-dealkylation sites (tertiary alicyclic amines) is 1. The quantitative estimate of drug-likeness (QED) is 0.870. The van der Waals surface area contributed by atoms with Gasteiger partial charge >= 0.3 is 12.0 Å². The summed E-state index contributed by atoms with van der Waals surface area (Å²) in [5, 5.41) is 12.2. The minimum absolute atomic E-state index is 0.0415. The molecule has 2 N–H and O–H groups in total. The van der Waals surface area contributed by atoms with Gasteiger partial charge < -0.3 is 14.9 Å². The van der Waals surface area contributed by atoms with Gasteiger partial charge in [-0.25, -0.2) is 9.78 Å². The first-order valence-electron chi connectivity index (χ1n) is 7.72. The van der Waals surface area contributed by atoms with Gasteiger partial charge in [-0.3, -0.25) is 10.1 Å². The smallest absolute Gasteiger partial charge is 0.324 e. The third kappa shape index (κ3) is 2.69. The van der Waals surface area contributed by atoms with Crippen LogP contribution < -0.4 is 10.2 Å². The summed E-state index contributed by atoms with van der Waals surface area (Å²) in [5.74, 6) is 0.166. The van der Waals surface area contributed by atoms with Crippen LogP contribution >= 0.6 is 0 Å². The molecule has 2 heterocycles. The summed E-state index contributed by atoms with van der Waals surface area (Å²) in [6.07, 6.45) is 4.00. The molecule has 2 atom stereocenters. The molecule has 0 radical (unpaired) electrons. The predicted molar refractivity (Wildman–Crippen MR) is 84.4 cm³/mol. The number of urea groups is 1. The van der Waals surface area contributed by atoms with E-state index in [-0.39, 0.29) is 24.4 Å². The summed E-state index contributed by atoms with van der Waals surface area (Å²) in [6.45, 7) is 0.734. The maximum absolute atomic E-state index is 12.4. The molecular formula is C15H21N5O3. The fourth-order valence-electron chi connectivity index (χ4n) is 3.63. The number of nitrogens with one attached hydrogen (secondary N) is 1. The minimum atomic E-state index is -0.791. The zero-order valence-electron chi connectivity index (χ0n) is 13.3. The summed E-state index contributed by atoms with van der Waals surface area (Å²) in [4.78, 5) is 35.8. The molecule has 0 unspecified atom stereocenters. The second-order valence-electron chi connectivity index (χ2n) is 6.49. The van der Waals surface area contributed by atoms with Crippen LogP contribution in [0.1, 0.15) is 19.3 Å². The van der Waals surface area contributed by atoms with Crippen LogP contribution in [0.4, 0.5) is 16.6 Å². The Bertz CT molecular complexity index is 635. The molecule has 1 aromatic heterocycles. The van der Waals surface area contributed by atoms with Crippen molar-refractivity contribution in [2.75, 3.05) is 37.4 Å². The highest BCUT2D eigenvalue weighted by Crippen LogP contribution is 2.48. The molecule has 3 rings (SSSR count). The second-order valence-corrected chi connectivity index (χ2v) is 6.49. The lowest BCUT2D eigenvalue weighted by atomic mass is 9.81. The van der Waals surface area contributed by atoms with Crippen LogP contribution in [0.15, 0.2) is 12.3 Å². The molecule has 2 fully saturated rings. The Kier molecular flexibility index (Phi) is 3.83. The SMILES string of the molecule is CN(C)c1ccnc(NC(=O)N2C[C@@H]3CCC[C@@]3(C(=O)O)C2)n1. The van der Waals surface area contributed by atoms with E-state index in [9.17, 15) is 14.7 Å². The van der Waals surface area contributed by atoms with Gasteiger partial charge in [-0.2, -0.15) is 4.98 Å². The number of carboxylic acid groups (broad SMARTS) is 1. The second kappa shape index (κ2) is 5.68. The van der Waals surface area contributed by atoms with Gasteiger partial charge in [0.05, 0.1) is 5.41 Å². The van der Waals surface area contributed by atoms with Crippen LogP contribution in [-0.4, -0.2) is 59.2 Å². The molecule has 1 saturated carbocycles. The van der Waals surface area contributed by atoms with Crippen molar-refractivity contribution < 1.29 is 14.7 Å². The first-order chi connectivity index (χ1) is 10.9. The molecule has 1 aromatic rings. The molecular weight excluding hydrogens is 298 g/mol. The minimum Gasteiger partial charge on any atom is -0.481 e. The van der Waals surface area contributed by atoms with E-state index in [2.05, 4.69) is 15.3 Å². The number of carbonyl (C=O) groups is 2. The van der Waals surface area contributed by atoms with Gasteiger partial charge in [0.15, 0.2) is 0 Å². The van der Waals surface area contributed by atoms with E-state index < -0.39 is 11.4 Å². The van der Waals surface area contributed by atoms with Crippen molar-refractivity contribution in [3.8, 4) is 0 Å². The highest BCUT2D eigenvalue weighted by Gasteiger charge is 2.55. The number of anilines is 2. The summed E-state index contributed by atoms with van der Waals surface area (Å²) < 4.78 is 0. The van der Waals surface area contributed by atoms with Gasteiger partial charge in [0, 0.05) is 33.4 Å². The van der Waals surface area contributed by atoms with E-state index in [4.69, 9.17) is 0 Å². The number of hydrogen-bond donors (Lipinski definition) is 2. The number of carbonyl (C=O) groups excluding carboxylic acids is 1. The van der Waals surface area contributed by atoms with Gasteiger partial charge in [-0.15, -0.1) is 0 Å². The molecule has 2 amide bonds. The van der Waals surface area contributed by atoms with E-state index in [1.54, 1.807) is 17.2 Å². The van der Waals surface area contributed by atoms with Crippen molar-refractivity contribution in [3.63, 3.8) is 0 Å². The van der Waals surface area contributed by atoms with Crippen molar-refractivity contribution in [1.29, 1.82) is 0 Å². The summed E-state index contributed by atoms with van der Waals surface area (Å²) in [6, 6.07) is 1.41. The molecule has 8 nitrogen and oxygen atoms in total. The molecule has 124 valence electrons. The topological polar surface area (TPSA) is 98.7 Å². The molecule has 1 aliphatic heterocycles. The van der Waals surface area contributed by atoms with Crippen molar-refractivity contribution in [2.24, 2.45) is 11.3 Å². The monoisotopic (exact) mass is 319 g/mol. The molecule has 1 aliphatic carbocycles. The van der Waals surface area contributed by atoms with Crippen molar-refractivity contribution in [3.05, 3.63) is 12.3 Å². The molecule has 8 heteroatoms. The van der Waals surface area contributed by atoms with Crippen LogP contribution in [0.25, 0.3) is 0 Å². The summed E-state index contributed by atoms with van der Waals surface area (Å²) in [5.41, 5.74) is -0.774. The first kappa shape index (κ1) is 15.5. The zero-order valence-corrected chi connectivity index (χ0v) is 13.3. The zero-order chi connectivity index (χ0) is 16.6. The van der Waals surface area contributed by atoms with Crippen LogP contribution in [0.2, 0.25) is 0 Å². The molecule has 0 spiro atoms. The maximum Gasteiger partial charge on any atom is 0.324 e. The Morgan fingerprint density at radius 2 is 2.26 bits per heavy atom. The van der Waals surface area contributed by atoms with Crippen LogP contribution in [0.3, 0.4) is 0 Å². The molecule has 0 bridgehead atoms. The maximum atomic E-state index is 12.4. The van der Waals surface area contributed by atoms with Gasteiger partial charge in [-0.05, 0) is 24.8 Å². The lowest BCUT2D eigenvalue weighted by Crippen LogP contribution is -2.39. The Labute approximate surface area is 134 Å². The van der Waals surface area contributed by atoms with E-state index in [1.165, 1.54) is 0 Å². The Morgan fingerprint density at radius 3 is 2.91 bits per heavy atom. The standard InChI is InChI=1S/C15H21N5O3/c1-19(2)11-5-7-16-13(17-11)18-14(23)20-8-10-4-3-6-15(10,9-20)12(21)22/h5,7,10H,3-4,6,8-9H2,1-2H3,(H,21,22)(H,16,17,18,23)/t10-,15+/m0/s1. The first-order valence-corrected chi connectivity index (χ1v) is 7.72. The average Bonchev–Trinajstić information content (AvgIpc) is 3.05. The fourth-order valence-corrected chi connectivity index (χ4v) is 3.63. The predicted octanol–water partition coefficient (Wildman–Crippen LogP) is 1.26. The van der Waals surface area contributed by atoms with Gasteiger partial charge in [0.2, 0.25) is 5.95 Å². The van der Waals surface area contributed by atoms with E-state index in [1.807, 2.05) is 19.0 Å². The number of aliphatic carboxylic acids is 1. The van der Waals surface area contributed by atoms with E-state index in [0.29, 0.717) is 18.8 Å². The Balaban J connectivity index is 1.70. The van der Waals surface area contributed by atoms with Gasteiger partial charge in [-0.1, -0.05) is 6.42 Å². The van der Waals surface area contributed by atoms with Crippen molar-refractivity contribution in [1.82, 2.24) is 14.9 Å². The van der Waals surface area contributed by atoms with Crippen molar-refractivity contribution >= 4 is 23.8 Å². The molecule has 0 aromatic carbocycles. The lowest BCUT2D eigenvalue weighted by molar-refractivity contribution is -0.149. The molecule has 2 aliphatic rings. The van der Waals surface area contributed by atoms with E-state index in [0.717, 1.165) is 12.8 Å². The molecule has 1 saturated heterocycles. The Morgan fingerprint density at radius 1 is 1.48 bits per heavy atom. The highest BCUT2D eigenvalue weighted by atomic mass is 16.4. The number of fused-ring (bicyclic) bond motifs is 1. The third-order valence-electron chi connectivity index (χ3n) is 4.90. The van der Waals surface area contributed by atoms with Gasteiger partial charge in [0.25, 0.3) is 0 Å². The largest absolute Gasteiger partial charge is 0.481 e. The highest BCUT2D eigenvalue weighted by molar-refractivity contribution is 5.89. The Hall–Kier alpha value is -2.38. The normalized spacial score (nSPS) is 26.0. The fraction of sp³-hybridized carbons (Fsp3) is 0.600. The van der Waals surface area contributed by atoms with Crippen molar-refractivity contribution in [2.45, 2.75) is 19.3 Å². The third-order valence-corrected chi connectivity index (χ3v) is 4.90. The number of carboxylic acids is 1. The number of hydrogen-bond acceptors (Lipinski definition) is 5. The lowest BCUT2D eigenvalue weighted by Gasteiger charge is -2.23. The summed E-state index contributed by atoms with van der Waals surface area (Å²) >= 11 is 0. The average molecular weight is 319 g/mol.